The van der Waals surface area contributed by atoms with Gasteiger partial charge >= 0.3 is 0 Å². The van der Waals surface area contributed by atoms with Gasteiger partial charge in [0.2, 0.25) is 0 Å². The van der Waals surface area contributed by atoms with Crippen molar-refractivity contribution < 1.29 is 0 Å². The van der Waals surface area contributed by atoms with Crippen molar-refractivity contribution in [2.75, 3.05) is 16.8 Å². The number of nitriles is 1. The highest BCUT2D eigenvalue weighted by molar-refractivity contribution is 9.09. The van der Waals surface area contributed by atoms with Gasteiger partial charge in [0.15, 0.2) is 0 Å². The number of thioether (sulfide) groups is 1. The van der Waals surface area contributed by atoms with Crippen LogP contribution in [0.4, 0.5) is 0 Å². The molecule has 0 aromatic heterocycles. The Labute approximate surface area is 75.3 Å². The number of nitrogens with zero attached hydrogens (tertiary/aromatic N) is 1. The summed E-state index contributed by atoms with van der Waals surface area (Å²) < 4.78 is 0. The van der Waals surface area contributed by atoms with E-state index in [0.717, 1.165) is 23.3 Å². The van der Waals surface area contributed by atoms with Crippen molar-refractivity contribution in [1.29, 1.82) is 5.26 Å². The van der Waals surface area contributed by atoms with Gasteiger partial charge in [0, 0.05) is 5.33 Å². The maximum absolute atomic E-state index is 8.54. The first-order valence-corrected chi connectivity index (χ1v) is 5.66. The van der Waals surface area contributed by atoms with Crippen LogP contribution >= 0.6 is 27.7 Å². The molecule has 0 heterocycles. The van der Waals surface area contributed by atoms with Gasteiger partial charge in [-0.2, -0.15) is 17.0 Å². The van der Waals surface area contributed by atoms with Crippen LogP contribution in [0.3, 0.4) is 0 Å². The Balaban J connectivity index is 3.20. The van der Waals surface area contributed by atoms with E-state index in [2.05, 4.69) is 28.9 Å². The van der Waals surface area contributed by atoms with Gasteiger partial charge in [-0.3, -0.25) is 0 Å². The molecule has 0 aromatic rings. The smallest absolute Gasteiger partial charge is 0.0664 e. The average molecular weight is 222 g/mol. The SMILES string of the molecule is CCSCCC(C#N)CBr. The monoisotopic (exact) mass is 221 g/mol. The summed E-state index contributed by atoms with van der Waals surface area (Å²) in [5.41, 5.74) is 0. The summed E-state index contributed by atoms with van der Waals surface area (Å²) in [6.07, 6.45) is 1.01. The minimum Gasteiger partial charge on any atom is -0.198 e. The van der Waals surface area contributed by atoms with Gasteiger partial charge in [-0.05, 0) is 17.9 Å². The molecule has 1 unspecified atom stereocenters. The summed E-state index contributed by atoms with van der Waals surface area (Å²) in [6.45, 7) is 2.14. The largest absolute Gasteiger partial charge is 0.198 e. The third-order valence-corrected chi connectivity index (χ3v) is 2.90. The fourth-order valence-corrected chi connectivity index (χ4v) is 1.75. The van der Waals surface area contributed by atoms with Crippen LogP contribution in [-0.2, 0) is 0 Å². The molecule has 0 aromatic carbocycles. The third-order valence-electron chi connectivity index (χ3n) is 1.18. The van der Waals surface area contributed by atoms with Crippen LogP contribution in [0.2, 0.25) is 0 Å². The van der Waals surface area contributed by atoms with Gasteiger partial charge < -0.3 is 0 Å². The van der Waals surface area contributed by atoms with Crippen molar-refractivity contribution in [3.8, 4) is 6.07 Å². The minimum atomic E-state index is 0.207. The van der Waals surface area contributed by atoms with Crippen LogP contribution in [0.25, 0.3) is 0 Å². The third kappa shape index (κ3) is 5.13. The summed E-state index contributed by atoms with van der Waals surface area (Å²) in [6, 6.07) is 2.25. The van der Waals surface area contributed by atoms with E-state index in [4.69, 9.17) is 5.26 Å². The number of alkyl halides is 1. The fourth-order valence-electron chi connectivity index (χ4n) is 0.546. The molecule has 0 aliphatic carbocycles. The van der Waals surface area contributed by atoms with Gasteiger partial charge in [0.05, 0.1) is 12.0 Å². The zero-order chi connectivity index (χ0) is 7.82. The van der Waals surface area contributed by atoms with Crippen LogP contribution in [0.5, 0.6) is 0 Å². The topological polar surface area (TPSA) is 23.8 Å². The summed E-state index contributed by atoms with van der Waals surface area (Å²) in [7, 11) is 0. The second-order valence-electron chi connectivity index (χ2n) is 1.97. The van der Waals surface area contributed by atoms with E-state index >= 15 is 0 Å². The molecule has 0 aliphatic heterocycles. The Hall–Kier alpha value is 0.320. The predicted octanol–water partition coefficient (Wildman–Crippen LogP) is 2.66. The molecule has 0 rings (SSSR count). The summed E-state index contributed by atoms with van der Waals surface area (Å²) >= 11 is 5.19. The molecule has 0 saturated carbocycles. The molecule has 0 bridgehead atoms. The van der Waals surface area contributed by atoms with Crippen molar-refractivity contribution >= 4 is 27.7 Å². The highest BCUT2D eigenvalue weighted by atomic mass is 79.9. The zero-order valence-electron chi connectivity index (χ0n) is 6.14. The van der Waals surface area contributed by atoms with E-state index in [-0.39, 0.29) is 5.92 Å². The van der Waals surface area contributed by atoms with Gasteiger partial charge in [0.1, 0.15) is 0 Å². The molecule has 3 heteroatoms. The molecular weight excluding hydrogens is 210 g/mol. The van der Waals surface area contributed by atoms with Crippen molar-refractivity contribution in [3.05, 3.63) is 0 Å². The molecule has 10 heavy (non-hydrogen) atoms. The lowest BCUT2D eigenvalue weighted by molar-refractivity contribution is 0.737. The van der Waals surface area contributed by atoms with Gasteiger partial charge in [-0.25, -0.2) is 0 Å². The molecule has 0 aliphatic rings. The first-order chi connectivity index (χ1) is 4.85. The highest BCUT2D eigenvalue weighted by Gasteiger charge is 2.03. The Morgan fingerprint density at radius 1 is 1.70 bits per heavy atom. The lowest BCUT2D eigenvalue weighted by atomic mass is 10.1. The van der Waals surface area contributed by atoms with Crippen LogP contribution in [0.1, 0.15) is 13.3 Å². The lowest BCUT2D eigenvalue weighted by Crippen LogP contribution is -1.99. The van der Waals surface area contributed by atoms with Crippen LogP contribution in [0.15, 0.2) is 0 Å². The molecule has 0 amide bonds. The Kier molecular flexibility index (Phi) is 7.66. The Morgan fingerprint density at radius 2 is 2.40 bits per heavy atom. The van der Waals surface area contributed by atoms with Crippen molar-refractivity contribution in [3.63, 3.8) is 0 Å². The quantitative estimate of drug-likeness (QED) is 0.527. The van der Waals surface area contributed by atoms with Crippen LogP contribution in [0, 0.1) is 17.2 Å². The highest BCUT2D eigenvalue weighted by Crippen LogP contribution is 2.10. The first-order valence-electron chi connectivity index (χ1n) is 3.38. The standard InChI is InChI=1S/C7H12BrNS/c1-2-10-4-3-7(5-8)6-9/h7H,2-5H2,1H3. The molecule has 1 atom stereocenters. The molecule has 0 N–H and O–H groups in total. The molecule has 1 nitrogen and oxygen atoms in total. The molecule has 0 saturated heterocycles. The second kappa shape index (κ2) is 7.43. The molecule has 0 spiro atoms. The predicted molar refractivity (Wildman–Crippen MR) is 50.5 cm³/mol. The van der Waals surface area contributed by atoms with E-state index in [1.807, 2.05) is 11.8 Å². The first kappa shape index (κ1) is 10.3. The average Bonchev–Trinajstić information content (AvgIpc) is 1.99. The number of halogens is 1. The molecule has 0 fully saturated rings. The zero-order valence-corrected chi connectivity index (χ0v) is 8.54. The normalized spacial score (nSPS) is 12.5. The summed E-state index contributed by atoms with van der Waals surface area (Å²) in [4.78, 5) is 0. The molecule has 0 radical (unpaired) electrons. The van der Waals surface area contributed by atoms with E-state index in [1.54, 1.807) is 0 Å². The van der Waals surface area contributed by atoms with Crippen LogP contribution in [-0.4, -0.2) is 16.8 Å². The van der Waals surface area contributed by atoms with Crippen molar-refractivity contribution in [2.45, 2.75) is 13.3 Å². The Morgan fingerprint density at radius 3 is 2.80 bits per heavy atom. The summed E-state index contributed by atoms with van der Waals surface area (Å²) in [5, 5.41) is 9.35. The number of rotatable bonds is 5. The van der Waals surface area contributed by atoms with Gasteiger partial charge in [-0.1, -0.05) is 22.9 Å². The number of hydrogen-bond acceptors (Lipinski definition) is 2. The molecule has 58 valence electrons. The summed E-state index contributed by atoms with van der Waals surface area (Å²) in [5.74, 6) is 2.47. The van der Waals surface area contributed by atoms with Crippen molar-refractivity contribution in [2.24, 2.45) is 5.92 Å². The fraction of sp³-hybridized carbons (Fsp3) is 0.857. The van der Waals surface area contributed by atoms with Crippen molar-refractivity contribution in [1.82, 2.24) is 0 Å². The second-order valence-corrected chi connectivity index (χ2v) is 4.01. The maximum atomic E-state index is 8.54. The van der Waals surface area contributed by atoms with E-state index in [9.17, 15) is 0 Å². The Bertz CT molecular complexity index is 111. The lowest BCUT2D eigenvalue weighted by Gasteiger charge is -2.01. The maximum Gasteiger partial charge on any atom is 0.0664 e. The van der Waals surface area contributed by atoms with Gasteiger partial charge in [-0.15, -0.1) is 0 Å². The van der Waals surface area contributed by atoms with E-state index < -0.39 is 0 Å². The van der Waals surface area contributed by atoms with E-state index in [0.29, 0.717) is 0 Å². The number of hydrogen-bond donors (Lipinski definition) is 0. The molecular formula is C7H12BrNS. The minimum absolute atomic E-state index is 0.207. The van der Waals surface area contributed by atoms with Gasteiger partial charge in [0.25, 0.3) is 0 Å². The van der Waals surface area contributed by atoms with E-state index in [1.165, 1.54) is 0 Å². The van der Waals surface area contributed by atoms with Crippen LogP contribution < -0.4 is 0 Å².